The lowest BCUT2D eigenvalue weighted by Gasteiger charge is -2.28. The summed E-state index contributed by atoms with van der Waals surface area (Å²) in [6, 6.07) is 7.93. The van der Waals surface area contributed by atoms with Crippen molar-refractivity contribution in [3.63, 3.8) is 0 Å². The Kier molecular flexibility index (Phi) is 8.15. The first-order valence-corrected chi connectivity index (χ1v) is 8.39. The molecule has 0 aliphatic rings. The van der Waals surface area contributed by atoms with Gasteiger partial charge >= 0.3 is 0 Å². The van der Waals surface area contributed by atoms with Gasteiger partial charge < -0.3 is 20.4 Å². The molecule has 0 atom stereocenters. The quantitative estimate of drug-likeness (QED) is 0.633. The predicted molar refractivity (Wildman–Crippen MR) is 107 cm³/mol. The second-order valence-corrected chi connectivity index (χ2v) is 7.13. The molecule has 1 rings (SSSR count). The molecule has 0 aliphatic heterocycles. The van der Waals surface area contributed by atoms with Crippen LogP contribution in [0.2, 0.25) is 0 Å². The molecule has 138 valence electrons. The summed E-state index contributed by atoms with van der Waals surface area (Å²) >= 11 is 0. The van der Waals surface area contributed by atoms with Crippen LogP contribution in [0.15, 0.2) is 59.3 Å². The van der Waals surface area contributed by atoms with Crippen LogP contribution in [-0.4, -0.2) is 51.1 Å². The fourth-order valence-corrected chi connectivity index (χ4v) is 2.36. The predicted octanol–water partition coefficient (Wildman–Crippen LogP) is 3.86. The van der Waals surface area contributed by atoms with Crippen LogP contribution in [0.25, 0.3) is 0 Å². The molecule has 0 saturated heterocycles. The van der Waals surface area contributed by atoms with Gasteiger partial charge in [0, 0.05) is 45.3 Å². The van der Waals surface area contributed by atoms with E-state index < -0.39 is 0 Å². The van der Waals surface area contributed by atoms with Gasteiger partial charge in [-0.15, -0.1) is 10.2 Å². The fraction of sp³-hybridized carbons (Fsp3) is 0.474. The lowest BCUT2D eigenvalue weighted by molar-refractivity contribution is 0.254. The molecule has 25 heavy (non-hydrogen) atoms. The van der Waals surface area contributed by atoms with Crippen molar-refractivity contribution in [1.82, 2.24) is 15.1 Å². The van der Waals surface area contributed by atoms with Gasteiger partial charge in [-0.05, 0) is 43.8 Å². The summed E-state index contributed by atoms with van der Waals surface area (Å²) in [5.41, 5.74) is 2.08. The van der Waals surface area contributed by atoms with Crippen LogP contribution < -0.4 is 10.6 Å². The average molecular weight is 345 g/mol. The van der Waals surface area contributed by atoms with E-state index in [1.54, 1.807) is 11.1 Å². The molecular weight excluding hydrogens is 312 g/mol. The minimum atomic E-state index is 0.199. The summed E-state index contributed by atoms with van der Waals surface area (Å²) in [6.07, 6.45) is 3.64. The zero-order valence-corrected chi connectivity index (χ0v) is 16.4. The number of nitrogens with zero attached hydrogens (tertiary/aromatic N) is 4. The van der Waals surface area contributed by atoms with E-state index in [-0.39, 0.29) is 5.41 Å². The maximum atomic E-state index is 4.22. The number of hydrogen-bond acceptors (Lipinski definition) is 6. The summed E-state index contributed by atoms with van der Waals surface area (Å²) in [5, 5.41) is 14.8. The lowest BCUT2D eigenvalue weighted by Crippen LogP contribution is -2.34. The number of hydrogen-bond donors (Lipinski definition) is 2. The van der Waals surface area contributed by atoms with E-state index in [0.29, 0.717) is 5.82 Å². The Bertz CT molecular complexity index is 586. The van der Waals surface area contributed by atoms with Gasteiger partial charge in [-0.25, -0.2) is 0 Å². The van der Waals surface area contributed by atoms with Gasteiger partial charge in [0.15, 0.2) is 0 Å². The third kappa shape index (κ3) is 8.35. The molecule has 0 bridgehead atoms. The monoisotopic (exact) mass is 344 g/mol. The summed E-state index contributed by atoms with van der Waals surface area (Å²) in [6.45, 7) is 10.3. The van der Waals surface area contributed by atoms with E-state index >= 15 is 0 Å². The molecule has 2 N–H and O–H groups in total. The number of rotatable bonds is 10. The third-order valence-corrected chi connectivity index (χ3v) is 3.54. The van der Waals surface area contributed by atoms with Gasteiger partial charge in [-0.1, -0.05) is 20.4 Å². The third-order valence-electron chi connectivity index (χ3n) is 3.54. The summed E-state index contributed by atoms with van der Waals surface area (Å²) < 4.78 is 0. The first-order valence-electron chi connectivity index (χ1n) is 8.39. The van der Waals surface area contributed by atoms with Crippen LogP contribution in [0.1, 0.15) is 13.8 Å². The highest BCUT2D eigenvalue weighted by atomic mass is 15.3. The normalized spacial score (nSPS) is 12.1. The van der Waals surface area contributed by atoms with Crippen LogP contribution in [0.3, 0.4) is 0 Å². The molecule has 0 fully saturated rings. The van der Waals surface area contributed by atoms with Gasteiger partial charge in [0.05, 0.1) is 5.69 Å². The number of anilines is 1. The van der Waals surface area contributed by atoms with Gasteiger partial charge in [0.25, 0.3) is 0 Å². The van der Waals surface area contributed by atoms with Crippen LogP contribution in [-0.2, 0) is 0 Å². The molecule has 0 aromatic heterocycles. The Morgan fingerprint density at radius 1 is 1.20 bits per heavy atom. The van der Waals surface area contributed by atoms with Crippen molar-refractivity contribution in [3.8, 4) is 0 Å². The Hall–Kier alpha value is -2.34. The topological polar surface area (TPSA) is 55.3 Å². The van der Waals surface area contributed by atoms with E-state index in [9.17, 15) is 0 Å². The highest BCUT2D eigenvalue weighted by Gasteiger charge is 2.18. The molecule has 0 heterocycles. The smallest absolute Gasteiger partial charge is 0.147 e. The molecular formula is C19H32N6. The van der Waals surface area contributed by atoms with Gasteiger partial charge in [-0.2, -0.15) is 0 Å². The Labute approximate surface area is 152 Å². The standard InChI is InChI=1S/C19H32N6/c1-16(25(7)13-12-20-4)22-23-18-10-8-17(9-11-18)21-14-19(2,3)15-24(5)6/h8-13,20-21H,1,14-15H2,2-7H3. The Balaban J connectivity index is 2.57. The Morgan fingerprint density at radius 2 is 1.84 bits per heavy atom. The molecule has 0 aliphatic carbocycles. The average Bonchev–Trinajstić information content (AvgIpc) is 2.55. The van der Waals surface area contributed by atoms with Crippen LogP contribution in [0.4, 0.5) is 11.4 Å². The van der Waals surface area contributed by atoms with Crippen molar-refractivity contribution in [2.75, 3.05) is 46.6 Å². The molecule has 1 aromatic rings. The molecule has 0 unspecified atom stereocenters. The first-order chi connectivity index (χ1) is 11.7. The zero-order chi connectivity index (χ0) is 18.9. The van der Waals surface area contributed by atoms with Crippen LogP contribution in [0.5, 0.6) is 0 Å². The number of azo groups is 1. The molecule has 0 amide bonds. The summed E-state index contributed by atoms with van der Waals surface area (Å²) in [5.74, 6) is 0.569. The SMILES string of the molecule is C=C(N=Nc1ccc(NCC(C)(C)CN(C)C)cc1)N(C)C=CNC. The highest BCUT2D eigenvalue weighted by molar-refractivity contribution is 5.50. The van der Waals surface area contributed by atoms with E-state index in [4.69, 9.17) is 0 Å². The molecule has 6 heteroatoms. The molecule has 0 spiro atoms. The van der Waals surface area contributed by atoms with Crippen molar-refractivity contribution in [1.29, 1.82) is 0 Å². The molecule has 1 aromatic carbocycles. The largest absolute Gasteiger partial charge is 0.393 e. The molecule has 0 saturated carbocycles. The van der Waals surface area contributed by atoms with Gasteiger partial charge in [0.1, 0.15) is 5.82 Å². The first kappa shape index (κ1) is 20.7. The van der Waals surface area contributed by atoms with E-state index in [2.05, 4.69) is 60.3 Å². The highest BCUT2D eigenvalue weighted by Crippen LogP contribution is 2.21. The van der Waals surface area contributed by atoms with E-state index in [1.807, 2.05) is 44.6 Å². The van der Waals surface area contributed by atoms with E-state index in [0.717, 1.165) is 24.5 Å². The second kappa shape index (κ2) is 9.84. The van der Waals surface area contributed by atoms with Crippen molar-refractivity contribution >= 4 is 11.4 Å². The lowest BCUT2D eigenvalue weighted by atomic mass is 9.93. The zero-order valence-electron chi connectivity index (χ0n) is 16.4. The maximum Gasteiger partial charge on any atom is 0.147 e. The van der Waals surface area contributed by atoms with Crippen molar-refractivity contribution < 1.29 is 0 Å². The van der Waals surface area contributed by atoms with Gasteiger partial charge in [0.2, 0.25) is 0 Å². The molecule has 6 nitrogen and oxygen atoms in total. The van der Waals surface area contributed by atoms with Crippen molar-refractivity contribution in [2.45, 2.75) is 13.8 Å². The fourth-order valence-electron chi connectivity index (χ4n) is 2.36. The number of benzene rings is 1. The Morgan fingerprint density at radius 3 is 2.40 bits per heavy atom. The van der Waals surface area contributed by atoms with E-state index in [1.165, 1.54) is 0 Å². The second-order valence-electron chi connectivity index (χ2n) is 7.13. The minimum Gasteiger partial charge on any atom is -0.393 e. The minimum absolute atomic E-state index is 0.199. The number of nitrogens with one attached hydrogen (secondary N) is 2. The maximum absolute atomic E-state index is 4.22. The summed E-state index contributed by atoms with van der Waals surface area (Å²) in [4.78, 5) is 4.00. The van der Waals surface area contributed by atoms with Crippen LogP contribution >= 0.6 is 0 Å². The van der Waals surface area contributed by atoms with Crippen molar-refractivity contribution in [3.05, 3.63) is 49.1 Å². The van der Waals surface area contributed by atoms with Crippen LogP contribution in [0, 0.1) is 5.41 Å². The molecule has 0 radical (unpaired) electrons. The summed E-state index contributed by atoms with van der Waals surface area (Å²) in [7, 11) is 7.91. The van der Waals surface area contributed by atoms with Gasteiger partial charge in [-0.3, -0.25) is 0 Å². The van der Waals surface area contributed by atoms with Crippen molar-refractivity contribution in [2.24, 2.45) is 15.6 Å².